The lowest BCUT2D eigenvalue weighted by Gasteiger charge is -2.40. The van der Waals surface area contributed by atoms with Crippen LogP contribution in [0, 0.1) is 11.8 Å². The van der Waals surface area contributed by atoms with Crippen LogP contribution in [0.1, 0.15) is 66.7 Å². The second-order valence-corrected chi connectivity index (χ2v) is 6.82. The van der Waals surface area contributed by atoms with Gasteiger partial charge in [-0.25, -0.2) is 0 Å². The smallest absolute Gasteiger partial charge is 0.323 e. The van der Waals surface area contributed by atoms with E-state index in [1.165, 1.54) is 19.3 Å². The first-order chi connectivity index (χ1) is 8.80. The Morgan fingerprint density at radius 3 is 2.37 bits per heavy atom. The summed E-state index contributed by atoms with van der Waals surface area (Å²) in [6.07, 6.45) is 6.08. The molecule has 2 unspecified atom stereocenters. The Morgan fingerprint density at radius 1 is 1.26 bits per heavy atom. The summed E-state index contributed by atoms with van der Waals surface area (Å²) >= 11 is 0. The molecular weight excluding hydrogens is 238 g/mol. The van der Waals surface area contributed by atoms with Crippen molar-refractivity contribution in [1.29, 1.82) is 0 Å². The molecule has 0 amide bonds. The fourth-order valence-electron chi connectivity index (χ4n) is 3.52. The number of likely N-dealkylation sites (N-methyl/N-ethyl adjacent to an activating group) is 1. The average molecular weight is 269 g/mol. The maximum Gasteiger partial charge on any atom is 0.323 e. The van der Waals surface area contributed by atoms with Gasteiger partial charge in [0.05, 0.1) is 0 Å². The second kappa shape index (κ2) is 6.74. The number of rotatable bonds is 5. The Morgan fingerprint density at radius 2 is 1.89 bits per heavy atom. The summed E-state index contributed by atoms with van der Waals surface area (Å²) in [6.45, 7) is 11.2. The molecule has 0 heterocycles. The van der Waals surface area contributed by atoms with Crippen LogP contribution in [0.3, 0.4) is 0 Å². The lowest BCUT2D eigenvalue weighted by atomic mass is 9.88. The van der Waals surface area contributed by atoms with Gasteiger partial charge < -0.3 is 5.11 Å². The Hall–Kier alpha value is -0.570. The number of aliphatic carboxylic acids is 1. The molecule has 1 N–H and O–H groups in total. The zero-order valence-corrected chi connectivity index (χ0v) is 13.3. The van der Waals surface area contributed by atoms with Crippen molar-refractivity contribution in [2.75, 3.05) is 6.54 Å². The number of hydrogen-bond donors (Lipinski definition) is 1. The highest BCUT2D eigenvalue weighted by Gasteiger charge is 2.38. The molecule has 0 aromatic rings. The standard InChI is InChI=1S/C16H31NO2/c1-6-17(16(4,5)15(18)19)14-9-7-8-13(10-11-14)12(2)3/h12-14H,6-11H2,1-5H3,(H,18,19). The van der Waals surface area contributed by atoms with Gasteiger partial charge in [0.15, 0.2) is 0 Å². The van der Waals surface area contributed by atoms with Gasteiger partial charge in [0.1, 0.15) is 5.54 Å². The van der Waals surface area contributed by atoms with Crippen LogP contribution in [-0.4, -0.2) is 34.1 Å². The van der Waals surface area contributed by atoms with Crippen LogP contribution in [0.5, 0.6) is 0 Å². The molecule has 1 saturated carbocycles. The molecule has 19 heavy (non-hydrogen) atoms. The number of carboxylic acids is 1. The van der Waals surface area contributed by atoms with Crippen molar-refractivity contribution in [3.8, 4) is 0 Å². The molecular formula is C16H31NO2. The van der Waals surface area contributed by atoms with Crippen LogP contribution in [0.2, 0.25) is 0 Å². The van der Waals surface area contributed by atoms with Crippen LogP contribution in [-0.2, 0) is 4.79 Å². The van der Waals surface area contributed by atoms with E-state index in [1.54, 1.807) is 0 Å². The van der Waals surface area contributed by atoms with Crippen molar-refractivity contribution in [3.63, 3.8) is 0 Å². The van der Waals surface area contributed by atoms with Crippen LogP contribution in [0.4, 0.5) is 0 Å². The van der Waals surface area contributed by atoms with Crippen molar-refractivity contribution >= 4 is 5.97 Å². The molecule has 1 fully saturated rings. The fourth-order valence-corrected chi connectivity index (χ4v) is 3.52. The summed E-state index contributed by atoms with van der Waals surface area (Å²) in [5.74, 6) is 0.858. The predicted octanol–water partition coefficient (Wildman–Crippen LogP) is 3.78. The molecule has 1 aliphatic carbocycles. The third-order valence-corrected chi connectivity index (χ3v) is 4.95. The molecule has 0 aromatic carbocycles. The van der Waals surface area contributed by atoms with Gasteiger partial charge in [-0.1, -0.05) is 33.6 Å². The molecule has 0 spiro atoms. The first kappa shape index (κ1) is 16.5. The lowest BCUT2D eigenvalue weighted by Crippen LogP contribution is -2.54. The van der Waals surface area contributed by atoms with E-state index in [1.807, 2.05) is 13.8 Å². The van der Waals surface area contributed by atoms with Gasteiger partial charge in [0.25, 0.3) is 0 Å². The van der Waals surface area contributed by atoms with Crippen molar-refractivity contribution < 1.29 is 9.90 Å². The van der Waals surface area contributed by atoms with E-state index < -0.39 is 11.5 Å². The van der Waals surface area contributed by atoms with E-state index in [0.29, 0.717) is 6.04 Å². The molecule has 0 radical (unpaired) electrons. The molecule has 0 aromatic heterocycles. The largest absolute Gasteiger partial charge is 0.480 e. The van der Waals surface area contributed by atoms with Crippen LogP contribution in [0.25, 0.3) is 0 Å². The van der Waals surface area contributed by atoms with Crippen molar-refractivity contribution in [3.05, 3.63) is 0 Å². The first-order valence-electron chi connectivity index (χ1n) is 7.80. The molecule has 3 heteroatoms. The molecule has 112 valence electrons. The van der Waals surface area contributed by atoms with Crippen LogP contribution >= 0.6 is 0 Å². The molecule has 0 saturated heterocycles. The summed E-state index contributed by atoms with van der Waals surface area (Å²) < 4.78 is 0. The SMILES string of the molecule is CCN(C1CCCC(C(C)C)CC1)C(C)(C)C(=O)O. The minimum Gasteiger partial charge on any atom is -0.480 e. The van der Waals surface area contributed by atoms with Crippen molar-refractivity contribution in [2.45, 2.75) is 78.3 Å². The predicted molar refractivity (Wildman–Crippen MR) is 79.3 cm³/mol. The summed E-state index contributed by atoms with van der Waals surface area (Å²) in [7, 11) is 0. The van der Waals surface area contributed by atoms with E-state index in [4.69, 9.17) is 0 Å². The van der Waals surface area contributed by atoms with Gasteiger partial charge >= 0.3 is 5.97 Å². The quantitative estimate of drug-likeness (QED) is 0.772. The van der Waals surface area contributed by atoms with Gasteiger partial charge in [0, 0.05) is 6.04 Å². The number of carbonyl (C=O) groups is 1. The monoisotopic (exact) mass is 269 g/mol. The third-order valence-electron chi connectivity index (χ3n) is 4.95. The topological polar surface area (TPSA) is 40.5 Å². The van der Waals surface area contributed by atoms with Gasteiger partial charge in [-0.15, -0.1) is 0 Å². The van der Waals surface area contributed by atoms with Crippen molar-refractivity contribution in [2.24, 2.45) is 11.8 Å². The second-order valence-electron chi connectivity index (χ2n) is 6.82. The Bertz CT molecular complexity index is 299. The van der Waals surface area contributed by atoms with E-state index in [0.717, 1.165) is 31.2 Å². The molecule has 2 atom stereocenters. The Kier molecular flexibility index (Phi) is 5.84. The molecule has 1 aliphatic rings. The van der Waals surface area contributed by atoms with Crippen LogP contribution < -0.4 is 0 Å². The number of carboxylic acid groups (broad SMARTS) is 1. The Labute approximate surface area is 118 Å². The third kappa shape index (κ3) is 3.95. The zero-order chi connectivity index (χ0) is 14.6. The van der Waals surface area contributed by atoms with Gasteiger partial charge in [-0.2, -0.15) is 0 Å². The highest BCUT2D eigenvalue weighted by atomic mass is 16.4. The summed E-state index contributed by atoms with van der Waals surface area (Å²) in [5, 5.41) is 9.44. The summed E-state index contributed by atoms with van der Waals surface area (Å²) in [5.41, 5.74) is -0.753. The van der Waals surface area contributed by atoms with E-state index in [2.05, 4.69) is 25.7 Å². The maximum atomic E-state index is 11.5. The number of nitrogens with zero attached hydrogens (tertiary/aromatic N) is 1. The van der Waals surface area contributed by atoms with Gasteiger partial charge in [0.2, 0.25) is 0 Å². The minimum absolute atomic E-state index is 0.430. The summed E-state index contributed by atoms with van der Waals surface area (Å²) in [4.78, 5) is 13.7. The fraction of sp³-hybridized carbons (Fsp3) is 0.938. The normalized spacial score (nSPS) is 25.6. The van der Waals surface area contributed by atoms with Crippen LogP contribution in [0.15, 0.2) is 0 Å². The molecule has 0 bridgehead atoms. The maximum absolute atomic E-state index is 11.5. The first-order valence-corrected chi connectivity index (χ1v) is 7.80. The highest BCUT2D eigenvalue weighted by molar-refractivity contribution is 5.77. The minimum atomic E-state index is -0.753. The zero-order valence-electron chi connectivity index (χ0n) is 13.3. The van der Waals surface area contributed by atoms with E-state index >= 15 is 0 Å². The van der Waals surface area contributed by atoms with E-state index in [-0.39, 0.29) is 0 Å². The molecule has 0 aliphatic heterocycles. The van der Waals surface area contributed by atoms with Crippen molar-refractivity contribution in [1.82, 2.24) is 4.90 Å². The Balaban J connectivity index is 2.75. The highest BCUT2D eigenvalue weighted by Crippen LogP contribution is 2.33. The number of hydrogen-bond acceptors (Lipinski definition) is 2. The van der Waals surface area contributed by atoms with Gasteiger partial charge in [-0.3, -0.25) is 9.69 Å². The van der Waals surface area contributed by atoms with Gasteiger partial charge in [-0.05, 0) is 51.5 Å². The molecule has 3 nitrogen and oxygen atoms in total. The van der Waals surface area contributed by atoms with E-state index in [9.17, 15) is 9.90 Å². The lowest BCUT2D eigenvalue weighted by molar-refractivity contribution is -0.151. The molecule has 1 rings (SSSR count). The average Bonchev–Trinajstić information content (AvgIpc) is 2.55. The summed E-state index contributed by atoms with van der Waals surface area (Å²) in [6, 6.07) is 0.430.